The smallest absolute Gasteiger partial charge is 0.328 e. The minimum Gasteiger partial charge on any atom is -0.481 e. The molecule has 0 saturated carbocycles. The molecule has 0 aromatic carbocycles. The average Bonchev–Trinajstić information content (AvgIpc) is 3.59. The molecule has 0 amide bonds. The Balaban J connectivity index is 1.96. The molecule has 0 fully saturated rings. The van der Waals surface area contributed by atoms with Crippen LogP contribution in [0.1, 0.15) is 92.0 Å². The topological polar surface area (TPSA) is 132 Å². The number of hydrogen-bond acceptors (Lipinski definition) is 4. The summed E-state index contributed by atoms with van der Waals surface area (Å²) in [5, 5.41) is 18.8. The van der Waals surface area contributed by atoms with Crippen LogP contribution in [0, 0.1) is 13.8 Å². The first kappa shape index (κ1) is 28.8. The van der Waals surface area contributed by atoms with Gasteiger partial charge in [-0.15, -0.1) is 0 Å². The van der Waals surface area contributed by atoms with Gasteiger partial charge in [0.05, 0.1) is 22.8 Å². The lowest BCUT2D eigenvalue weighted by atomic mass is 10.00. The highest BCUT2D eigenvalue weighted by Crippen LogP contribution is 2.37. The lowest BCUT2D eigenvalue weighted by Gasteiger charge is -2.02. The lowest BCUT2D eigenvalue weighted by molar-refractivity contribution is -0.137. The summed E-state index contributed by atoms with van der Waals surface area (Å²) in [5.41, 5.74) is 14.8. The van der Waals surface area contributed by atoms with Crippen LogP contribution in [0.15, 0.2) is 30.3 Å². The normalized spacial score (nSPS) is 13.5. The number of aromatic amines is 2. The fourth-order valence-corrected chi connectivity index (χ4v) is 6.00. The molecule has 0 radical (unpaired) electrons. The van der Waals surface area contributed by atoms with Gasteiger partial charge in [0.1, 0.15) is 0 Å². The second-order valence-electron chi connectivity index (χ2n) is 10.9. The zero-order valence-electron chi connectivity index (χ0n) is 24.9. The predicted octanol–water partition coefficient (Wildman–Crippen LogP) is 7.73. The largest absolute Gasteiger partial charge is 0.481 e. The summed E-state index contributed by atoms with van der Waals surface area (Å²) in [6.07, 6.45) is 4.70. The maximum Gasteiger partial charge on any atom is 0.328 e. The molecule has 8 bridgehead atoms. The van der Waals surface area contributed by atoms with E-state index in [1.807, 2.05) is 26.0 Å². The molecular formula is C34H36N4O4. The molecule has 5 rings (SSSR count). The third kappa shape index (κ3) is 5.20. The van der Waals surface area contributed by atoms with Crippen LogP contribution in [-0.4, -0.2) is 42.1 Å². The van der Waals surface area contributed by atoms with Crippen LogP contribution >= 0.6 is 0 Å². The molecule has 0 atom stereocenters. The van der Waals surface area contributed by atoms with Crippen molar-refractivity contribution in [2.45, 2.75) is 67.2 Å². The van der Waals surface area contributed by atoms with Gasteiger partial charge >= 0.3 is 11.9 Å². The number of allylic oxidation sites excluding steroid dienone is 4. The molecular weight excluding hydrogens is 528 g/mol. The van der Waals surface area contributed by atoms with Gasteiger partial charge < -0.3 is 20.2 Å². The van der Waals surface area contributed by atoms with Gasteiger partial charge in [-0.25, -0.2) is 14.8 Å². The van der Waals surface area contributed by atoms with Gasteiger partial charge in [-0.2, -0.15) is 0 Å². The van der Waals surface area contributed by atoms with E-state index < -0.39 is 11.9 Å². The van der Waals surface area contributed by atoms with Crippen molar-refractivity contribution in [1.82, 2.24) is 19.9 Å². The molecule has 0 unspecified atom stereocenters. The third-order valence-electron chi connectivity index (χ3n) is 8.41. The minimum atomic E-state index is -1.04. The summed E-state index contributed by atoms with van der Waals surface area (Å²) < 4.78 is 0. The van der Waals surface area contributed by atoms with Crippen LogP contribution in [-0.2, 0) is 16.0 Å². The van der Waals surface area contributed by atoms with E-state index in [1.165, 1.54) is 16.7 Å². The van der Waals surface area contributed by atoms with E-state index in [-0.39, 0.29) is 6.42 Å². The summed E-state index contributed by atoms with van der Waals surface area (Å²) in [6.45, 7) is 12.4. The first-order valence-corrected chi connectivity index (χ1v) is 14.3. The molecule has 2 aliphatic rings. The van der Waals surface area contributed by atoms with E-state index in [4.69, 9.17) is 9.97 Å². The molecule has 0 saturated heterocycles. The molecule has 0 aliphatic carbocycles. The van der Waals surface area contributed by atoms with Gasteiger partial charge in [-0.3, -0.25) is 4.79 Å². The highest BCUT2D eigenvalue weighted by atomic mass is 16.4. The Bertz CT molecular complexity index is 1900. The summed E-state index contributed by atoms with van der Waals surface area (Å²) in [6, 6.07) is 8.08. The van der Waals surface area contributed by atoms with Crippen molar-refractivity contribution < 1.29 is 19.8 Å². The Labute approximate surface area is 244 Å². The third-order valence-corrected chi connectivity index (χ3v) is 8.41. The van der Waals surface area contributed by atoms with Crippen LogP contribution in [0.3, 0.4) is 0 Å². The van der Waals surface area contributed by atoms with Crippen molar-refractivity contribution in [2.75, 3.05) is 0 Å². The number of H-pyrrole nitrogens is 2. The number of nitrogens with zero attached hydrogens (tertiary/aromatic N) is 2. The first-order valence-electron chi connectivity index (χ1n) is 14.3. The van der Waals surface area contributed by atoms with Crippen molar-refractivity contribution in [3.8, 4) is 0 Å². The van der Waals surface area contributed by atoms with Crippen molar-refractivity contribution in [3.63, 3.8) is 0 Å². The van der Waals surface area contributed by atoms with Crippen molar-refractivity contribution >= 4 is 62.4 Å². The highest BCUT2D eigenvalue weighted by Gasteiger charge is 2.21. The van der Waals surface area contributed by atoms with Gasteiger partial charge in [0, 0.05) is 40.1 Å². The number of aliphatic carboxylic acids is 2. The van der Waals surface area contributed by atoms with Crippen LogP contribution in [0.2, 0.25) is 0 Å². The first-order chi connectivity index (χ1) is 20.0. The molecule has 4 N–H and O–H groups in total. The molecule has 42 heavy (non-hydrogen) atoms. The van der Waals surface area contributed by atoms with Crippen LogP contribution < -0.4 is 0 Å². The summed E-state index contributed by atoms with van der Waals surface area (Å²) >= 11 is 0. The van der Waals surface area contributed by atoms with E-state index in [1.54, 1.807) is 6.08 Å². The predicted molar refractivity (Wildman–Crippen MR) is 169 cm³/mol. The summed E-state index contributed by atoms with van der Waals surface area (Å²) in [4.78, 5) is 40.1. The molecule has 8 heteroatoms. The van der Waals surface area contributed by atoms with Crippen LogP contribution in [0.4, 0.5) is 0 Å². The SMILES string of the molecule is CCC1=C(C)c2cc3nc(cc4[nH]c(cc5[nH]c(cc1n2)c(C)c5CC)c(C)c4/C=C/C(=O)O)C(CCC(=O)O)=C3C. The number of carbonyl (C=O) groups is 2. The molecule has 5 heterocycles. The van der Waals surface area contributed by atoms with Gasteiger partial charge in [0.2, 0.25) is 0 Å². The number of aromatic nitrogens is 4. The number of carboxylic acid groups (broad SMARTS) is 2. The van der Waals surface area contributed by atoms with E-state index >= 15 is 0 Å². The van der Waals surface area contributed by atoms with Crippen molar-refractivity contribution in [1.29, 1.82) is 0 Å². The zero-order valence-corrected chi connectivity index (χ0v) is 24.9. The Morgan fingerprint density at radius 1 is 0.738 bits per heavy atom. The second kappa shape index (κ2) is 11.3. The Morgan fingerprint density at radius 2 is 1.33 bits per heavy atom. The number of rotatable bonds is 7. The van der Waals surface area contributed by atoms with Crippen molar-refractivity contribution in [3.05, 3.63) is 75.4 Å². The second-order valence-corrected chi connectivity index (χ2v) is 10.9. The van der Waals surface area contributed by atoms with Gasteiger partial charge in [0.25, 0.3) is 0 Å². The fourth-order valence-electron chi connectivity index (χ4n) is 6.00. The Hall–Kier alpha value is -4.72. The molecule has 0 spiro atoms. The molecule has 8 nitrogen and oxygen atoms in total. The summed E-state index contributed by atoms with van der Waals surface area (Å²) in [5.74, 6) is -1.92. The Morgan fingerprint density at radius 3 is 1.95 bits per heavy atom. The molecule has 216 valence electrons. The highest BCUT2D eigenvalue weighted by molar-refractivity contribution is 5.97. The van der Waals surface area contributed by atoms with Gasteiger partial charge in [-0.1, -0.05) is 13.8 Å². The number of fused-ring (bicyclic) bond motifs is 8. The maximum atomic E-state index is 11.5. The van der Waals surface area contributed by atoms with E-state index in [9.17, 15) is 19.8 Å². The van der Waals surface area contributed by atoms with E-state index in [0.717, 1.165) is 80.4 Å². The number of hydrogen-bond donors (Lipinski definition) is 4. The molecule has 3 aromatic rings. The maximum absolute atomic E-state index is 11.5. The van der Waals surface area contributed by atoms with Gasteiger partial charge in [-0.05, 0) is 116 Å². The van der Waals surface area contributed by atoms with Crippen molar-refractivity contribution in [2.24, 2.45) is 0 Å². The molecule has 3 aromatic heterocycles. The van der Waals surface area contributed by atoms with Gasteiger partial charge in [0.15, 0.2) is 0 Å². The number of nitrogens with one attached hydrogen (secondary N) is 2. The van der Waals surface area contributed by atoms with E-state index in [0.29, 0.717) is 17.6 Å². The monoisotopic (exact) mass is 564 g/mol. The number of aryl methyl sites for hydroxylation is 3. The summed E-state index contributed by atoms with van der Waals surface area (Å²) in [7, 11) is 0. The quantitative estimate of drug-likeness (QED) is 0.217. The zero-order chi connectivity index (χ0) is 30.3. The average molecular weight is 565 g/mol. The Kier molecular flexibility index (Phi) is 7.73. The number of carboxylic acids is 2. The molecule has 2 aliphatic heterocycles. The minimum absolute atomic E-state index is 0.0256. The fraction of sp³-hybridized carbons (Fsp3) is 0.294. The lowest BCUT2D eigenvalue weighted by Crippen LogP contribution is -1.95. The van der Waals surface area contributed by atoms with Crippen LogP contribution in [0.5, 0.6) is 0 Å². The standard InChI is InChI=1S/C34H36N4O4/c1-7-21-17(3)25-13-26-19(5)23(9-11-33(39)40)31(37-26)16-32-24(10-12-34(41)42)20(6)28(38-32)15-30-22(8-2)18(4)27(36-30)14-29(21)35-25/h10,12-16,36,38H,7-9,11H2,1-6H3,(H,39,40)(H,41,42)/b12-10+,25-13?,26-13?,27-14?,28-15?,29-14?,30-15?,31-16?,32-16?. The van der Waals surface area contributed by atoms with E-state index in [2.05, 4.69) is 49.8 Å². The van der Waals surface area contributed by atoms with Crippen LogP contribution in [0.25, 0.3) is 50.4 Å².